The van der Waals surface area contributed by atoms with Gasteiger partial charge in [0.2, 0.25) is 0 Å². The Kier molecular flexibility index (Phi) is 6.99. The molecule has 0 fully saturated rings. The van der Waals surface area contributed by atoms with Gasteiger partial charge in [0, 0.05) is 0 Å². The summed E-state index contributed by atoms with van der Waals surface area (Å²) in [7, 11) is 0. The van der Waals surface area contributed by atoms with Crippen molar-refractivity contribution >= 4 is 22.7 Å². The van der Waals surface area contributed by atoms with E-state index >= 15 is 0 Å². The van der Waals surface area contributed by atoms with Gasteiger partial charge in [-0.3, -0.25) is 0 Å². The van der Waals surface area contributed by atoms with E-state index in [2.05, 4.69) is 31.1 Å². The van der Waals surface area contributed by atoms with Crippen LogP contribution in [-0.2, 0) is 0 Å². The van der Waals surface area contributed by atoms with E-state index in [4.69, 9.17) is 0 Å². The Balaban J connectivity index is 1.63. The second-order valence-electron chi connectivity index (χ2n) is 6.48. The van der Waals surface area contributed by atoms with Crippen molar-refractivity contribution in [1.82, 2.24) is 0 Å². The van der Waals surface area contributed by atoms with Gasteiger partial charge in [-0.1, -0.05) is 72.8 Å². The minimum atomic E-state index is 0.698. The van der Waals surface area contributed by atoms with Crippen molar-refractivity contribution in [3.05, 3.63) is 121 Å². The molecule has 0 amide bonds. The lowest BCUT2D eigenvalue weighted by Gasteiger charge is -2.13. The first-order chi connectivity index (χ1) is 15.9. The smallest absolute Gasteiger partial charge is 0.0892 e. The van der Waals surface area contributed by atoms with Crippen LogP contribution in [0.4, 0.5) is 22.7 Å². The summed E-state index contributed by atoms with van der Waals surface area (Å²) < 4.78 is 0. The third-order valence-corrected chi connectivity index (χ3v) is 4.19. The van der Waals surface area contributed by atoms with Crippen molar-refractivity contribution in [2.45, 2.75) is 0 Å². The lowest BCUT2D eigenvalue weighted by molar-refractivity contribution is 0.718. The van der Waals surface area contributed by atoms with E-state index in [1.807, 2.05) is 121 Å². The van der Waals surface area contributed by atoms with Crippen LogP contribution in [0, 0.1) is 0 Å². The molecule has 0 saturated heterocycles. The van der Waals surface area contributed by atoms with E-state index in [0.717, 1.165) is 0 Å². The predicted octanol–water partition coefficient (Wildman–Crippen LogP) is 7.68. The summed E-state index contributed by atoms with van der Waals surface area (Å²) in [5.41, 5.74) is 2.80. The number of benzene rings is 4. The third kappa shape index (κ3) is 5.90. The van der Waals surface area contributed by atoms with Crippen LogP contribution < -0.4 is 10.2 Å². The van der Waals surface area contributed by atoms with Gasteiger partial charge in [-0.05, 0) is 69.4 Å². The lowest BCUT2D eigenvalue weighted by atomic mass is 10.3. The molecular weight excluding hydrogens is 400 g/mol. The topological polar surface area (TPSA) is 80.6 Å². The fourth-order valence-electron chi connectivity index (χ4n) is 2.62. The molecule has 0 saturated carbocycles. The van der Waals surface area contributed by atoms with Gasteiger partial charge in [-0.25, -0.2) is 0 Å². The van der Waals surface area contributed by atoms with Crippen LogP contribution in [0.5, 0.6) is 0 Å². The Morgan fingerprint density at radius 2 is 0.656 bits per heavy atom. The molecule has 0 aliphatic rings. The van der Waals surface area contributed by atoms with E-state index in [1.54, 1.807) is 0 Å². The summed E-state index contributed by atoms with van der Waals surface area (Å²) in [4.78, 5) is 0. The normalized spacial score (nSPS) is 11.4. The van der Waals surface area contributed by atoms with E-state index in [9.17, 15) is 0 Å². The van der Waals surface area contributed by atoms with E-state index in [-0.39, 0.29) is 0 Å². The highest BCUT2D eigenvalue weighted by molar-refractivity contribution is 5.46. The monoisotopic (exact) mass is 420 g/mol. The summed E-state index contributed by atoms with van der Waals surface area (Å²) in [6, 6.07) is 37.7. The number of nitrogens with zero attached hydrogens (tertiary/aromatic N) is 8. The van der Waals surface area contributed by atoms with Crippen LogP contribution >= 0.6 is 0 Å². The zero-order valence-electron chi connectivity index (χ0n) is 17.1. The molecule has 0 bridgehead atoms. The SMILES string of the molecule is c1ccc(N=NN(/N=N/N(N=Nc2ccccc2)c2ccccc2)c2ccccc2)cc1. The number of anilines is 2. The fourth-order valence-corrected chi connectivity index (χ4v) is 2.62. The van der Waals surface area contributed by atoms with Gasteiger partial charge >= 0.3 is 0 Å². The Labute approximate surface area is 185 Å². The van der Waals surface area contributed by atoms with Crippen molar-refractivity contribution in [2.24, 2.45) is 31.1 Å². The average Bonchev–Trinajstić information content (AvgIpc) is 2.88. The zero-order chi connectivity index (χ0) is 21.8. The first-order valence-electron chi connectivity index (χ1n) is 9.94. The highest BCUT2D eigenvalue weighted by Gasteiger charge is 2.08. The van der Waals surface area contributed by atoms with Gasteiger partial charge in [0.15, 0.2) is 0 Å². The van der Waals surface area contributed by atoms with Gasteiger partial charge in [0.25, 0.3) is 0 Å². The molecule has 0 aromatic heterocycles. The van der Waals surface area contributed by atoms with Crippen LogP contribution in [-0.4, -0.2) is 0 Å². The second kappa shape index (κ2) is 10.9. The van der Waals surface area contributed by atoms with Crippen molar-refractivity contribution < 1.29 is 0 Å². The maximum atomic E-state index is 4.27. The quantitative estimate of drug-likeness (QED) is 0.216. The number of hydrogen-bond donors (Lipinski definition) is 0. The molecule has 156 valence electrons. The van der Waals surface area contributed by atoms with E-state index in [1.165, 1.54) is 10.2 Å². The van der Waals surface area contributed by atoms with Crippen molar-refractivity contribution in [2.75, 3.05) is 10.2 Å². The number of hydrogen-bond acceptors (Lipinski definition) is 6. The number of para-hydroxylation sites is 2. The minimum absolute atomic E-state index is 0.698. The molecule has 4 rings (SSSR count). The largest absolute Gasteiger partial charge is 0.131 e. The zero-order valence-corrected chi connectivity index (χ0v) is 17.1. The number of rotatable bonds is 8. The third-order valence-electron chi connectivity index (χ3n) is 4.19. The highest BCUT2D eigenvalue weighted by atomic mass is 15.8. The molecule has 0 heterocycles. The van der Waals surface area contributed by atoms with Crippen LogP contribution in [0.25, 0.3) is 0 Å². The standard InChI is InChI=1S/C24H20N8/c1-5-13-21(14-6-1)25-27-31(23-17-9-3-10-18-23)29-30-32(24-19-11-4-12-20-24)28-26-22-15-7-2-8-16-22/h1-20H/b27-25?,28-26?,30-29+. The molecule has 0 aliphatic carbocycles. The Morgan fingerprint density at radius 1 is 0.344 bits per heavy atom. The van der Waals surface area contributed by atoms with Crippen molar-refractivity contribution in [3.63, 3.8) is 0 Å². The van der Waals surface area contributed by atoms with Gasteiger partial charge < -0.3 is 0 Å². The van der Waals surface area contributed by atoms with Crippen LogP contribution in [0.15, 0.2) is 152 Å². The molecule has 32 heavy (non-hydrogen) atoms. The molecule has 4 aromatic carbocycles. The first kappa shape index (κ1) is 20.5. The fraction of sp³-hybridized carbons (Fsp3) is 0. The molecule has 0 atom stereocenters. The molecule has 4 aromatic rings. The molecule has 8 heteroatoms. The highest BCUT2D eigenvalue weighted by Crippen LogP contribution is 2.21. The summed E-state index contributed by atoms with van der Waals surface area (Å²) >= 11 is 0. The Bertz CT molecular complexity index is 1070. The van der Waals surface area contributed by atoms with Crippen molar-refractivity contribution in [3.8, 4) is 0 Å². The Hall–Kier alpha value is -4.72. The molecular formula is C24H20N8. The summed E-state index contributed by atoms with van der Waals surface area (Å²) in [6.45, 7) is 0. The maximum Gasteiger partial charge on any atom is 0.0892 e. The van der Waals surface area contributed by atoms with Gasteiger partial charge in [0.1, 0.15) is 0 Å². The van der Waals surface area contributed by atoms with E-state index < -0.39 is 0 Å². The molecule has 8 nitrogen and oxygen atoms in total. The molecule has 0 N–H and O–H groups in total. The first-order valence-corrected chi connectivity index (χ1v) is 9.94. The van der Waals surface area contributed by atoms with Crippen molar-refractivity contribution in [1.29, 1.82) is 0 Å². The van der Waals surface area contributed by atoms with E-state index in [0.29, 0.717) is 22.7 Å². The molecule has 0 unspecified atom stereocenters. The predicted molar refractivity (Wildman–Crippen MR) is 125 cm³/mol. The lowest BCUT2D eigenvalue weighted by Crippen LogP contribution is -2.11. The molecule has 0 radical (unpaired) electrons. The van der Waals surface area contributed by atoms with Gasteiger partial charge in [-0.15, -0.1) is 20.5 Å². The Morgan fingerprint density at radius 3 is 1.00 bits per heavy atom. The molecule has 0 aliphatic heterocycles. The minimum Gasteiger partial charge on any atom is -0.131 e. The van der Waals surface area contributed by atoms with Gasteiger partial charge in [0.05, 0.1) is 22.7 Å². The van der Waals surface area contributed by atoms with Gasteiger partial charge in [-0.2, -0.15) is 0 Å². The maximum absolute atomic E-state index is 4.27. The van der Waals surface area contributed by atoms with Crippen LogP contribution in [0.1, 0.15) is 0 Å². The van der Waals surface area contributed by atoms with Crippen LogP contribution in [0.3, 0.4) is 0 Å². The molecule has 0 spiro atoms. The summed E-state index contributed by atoms with van der Waals surface area (Å²) in [5.74, 6) is 0. The second-order valence-corrected chi connectivity index (χ2v) is 6.48. The van der Waals surface area contributed by atoms with Crippen LogP contribution in [0.2, 0.25) is 0 Å². The summed E-state index contributed by atoms with van der Waals surface area (Å²) in [6.07, 6.45) is 0. The summed E-state index contributed by atoms with van der Waals surface area (Å²) in [5, 5.41) is 28.2. The average molecular weight is 420 g/mol.